The second-order valence-electron chi connectivity index (χ2n) is 5.12. The van der Waals surface area contributed by atoms with Gasteiger partial charge in [0, 0.05) is 25.4 Å². The molecule has 0 aromatic heterocycles. The molecule has 0 amide bonds. The molecule has 0 radical (unpaired) electrons. The van der Waals surface area contributed by atoms with Gasteiger partial charge in [0.25, 0.3) is 0 Å². The van der Waals surface area contributed by atoms with Gasteiger partial charge in [0.2, 0.25) is 0 Å². The molecule has 2 aromatic carbocycles. The highest BCUT2D eigenvalue weighted by Gasteiger charge is 2.12. The van der Waals surface area contributed by atoms with Crippen LogP contribution in [0, 0.1) is 0 Å². The van der Waals surface area contributed by atoms with E-state index in [0.717, 1.165) is 25.2 Å². The fourth-order valence-corrected chi connectivity index (χ4v) is 2.54. The van der Waals surface area contributed by atoms with E-state index in [1.165, 1.54) is 16.8 Å². The minimum absolute atomic E-state index is 0.755. The third-order valence-corrected chi connectivity index (χ3v) is 3.61. The van der Waals surface area contributed by atoms with Crippen LogP contribution in [-0.4, -0.2) is 13.7 Å². The van der Waals surface area contributed by atoms with Crippen molar-refractivity contribution in [1.82, 2.24) is 0 Å². The highest BCUT2D eigenvalue weighted by molar-refractivity contribution is 5.49. The van der Waals surface area contributed by atoms with Crippen LogP contribution in [0.3, 0.4) is 0 Å². The van der Waals surface area contributed by atoms with E-state index < -0.39 is 0 Å². The Labute approximate surface area is 120 Å². The summed E-state index contributed by atoms with van der Waals surface area (Å²) in [4.78, 5) is 2.18. The van der Waals surface area contributed by atoms with Crippen molar-refractivity contribution >= 4 is 5.69 Å². The van der Waals surface area contributed by atoms with E-state index in [-0.39, 0.29) is 0 Å². The first kappa shape index (κ1) is 12.8. The fraction of sp³-hybridized carbons (Fsp3) is 0.222. The number of fused-ring (bicyclic) bond motifs is 1. The Hall–Kier alpha value is -2.22. The lowest BCUT2D eigenvalue weighted by Crippen LogP contribution is -2.10. The second kappa shape index (κ2) is 5.83. The Balaban J connectivity index is 1.82. The minimum Gasteiger partial charge on any atom is -0.493 e. The van der Waals surface area contributed by atoms with Crippen LogP contribution in [0.5, 0.6) is 5.75 Å². The number of rotatable bonds is 2. The Morgan fingerprint density at radius 1 is 1.00 bits per heavy atom. The van der Waals surface area contributed by atoms with E-state index in [2.05, 4.69) is 60.6 Å². The van der Waals surface area contributed by atoms with Gasteiger partial charge in [0.1, 0.15) is 5.75 Å². The van der Waals surface area contributed by atoms with E-state index in [0.29, 0.717) is 0 Å². The van der Waals surface area contributed by atoms with E-state index in [1.54, 1.807) is 0 Å². The van der Waals surface area contributed by atoms with E-state index in [1.807, 2.05) is 12.1 Å². The summed E-state index contributed by atoms with van der Waals surface area (Å²) >= 11 is 0. The molecule has 0 saturated heterocycles. The van der Waals surface area contributed by atoms with Gasteiger partial charge in [0.05, 0.1) is 6.61 Å². The molecule has 1 aliphatic heterocycles. The Morgan fingerprint density at radius 2 is 1.75 bits per heavy atom. The normalized spacial score (nSPS) is 16.1. The summed E-state index contributed by atoms with van der Waals surface area (Å²) in [7, 11) is 2.10. The quantitative estimate of drug-likeness (QED) is 0.812. The molecule has 0 saturated carbocycles. The SMILES string of the molecule is CN(/C=C1\CCOc2ccccc2C1)c1ccccc1. The lowest BCUT2D eigenvalue weighted by atomic mass is 10.0. The van der Waals surface area contributed by atoms with Gasteiger partial charge in [0.15, 0.2) is 0 Å². The van der Waals surface area contributed by atoms with Crippen molar-refractivity contribution in [2.75, 3.05) is 18.6 Å². The third kappa shape index (κ3) is 2.85. The average molecular weight is 265 g/mol. The zero-order valence-corrected chi connectivity index (χ0v) is 11.8. The van der Waals surface area contributed by atoms with Crippen LogP contribution in [-0.2, 0) is 6.42 Å². The monoisotopic (exact) mass is 265 g/mol. The van der Waals surface area contributed by atoms with Crippen LogP contribution in [0.15, 0.2) is 66.4 Å². The van der Waals surface area contributed by atoms with Crippen molar-refractivity contribution in [2.45, 2.75) is 12.8 Å². The first-order valence-electron chi connectivity index (χ1n) is 7.01. The van der Waals surface area contributed by atoms with Crippen molar-refractivity contribution in [2.24, 2.45) is 0 Å². The molecular weight excluding hydrogens is 246 g/mol. The van der Waals surface area contributed by atoms with Gasteiger partial charge in [-0.2, -0.15) is 0 Å². The molecular formula is C18H19NO. The van der Waals surface area contributed by atoms with Gasteiger partial charge >= 0.3 is 0 Å². The molecule has 0 unspecified atom stereocenters. The molecule has 0 atom stereocenters. The molecule has 2 aromatic rings. The molecule has 0 spiro atoms. The van der Waals surface area contributed by atoms with Gasteiger partial charge in [-0.15, -0.1) is 0 Å². The van der Waals surface area contributed by atoms with Crippen LogP contribution < -0.4 is 9.64 Å². The van der Waals surface area contributed by atoms with Gasteiger partial charge in [-0.05, 0) is 35.8 Å². The topological polar surface area (TPSA) is 12.5 Å². The van der Waals surface area contributed by atoms with Crippen LogP contribution in [0.25, 0.3) is 0 Å². The maximum atomic E-state index is 5.81. The smallest absolute Gasteiger partial charge is 0.122 e. The van der Waals surface area contributed by atoms with E-state index in [9.17, 15) is 0 Å². The summed E-state index contributed by atoms with van der Waals surface area (Å²) in [5.41, 5.74) is 3.89. The Kier molecular flexibility index (Phi) is 3.73. The molecule has 20 heavy (non-hydrogen) atoms. The number of hydrogen-bond acceptors (Lipinski definition) is 2. The zero-order valence-electron chi connectivity index (χ0n) is 11.8. The molecule has 102 valence electrons. The molecule has 2 nitrogen and oxygen atoms in total. The number of nitrogens with zero attached hydrogens (tertiary/aromatic N) is 1. The van der Waals surface area contributed by atoms with Crippen LogP contribution >= 0.6 is 0 Å². The lowest BCUT2D eigenvalue weighted by molar-refractivity contribution is 0.326. The molecule has 1 heterocycles. The van der Waals surface area contributed by atoms with Gasteiger partial charge in [-0.1, -0.05) is 36.4 Å². The summed E-state index contributed by atoms with van der Waals surface area (Å²) in [6.07, 6.45) is 4.18. The summed E-state index contributed by atoms with van der Waals surface area (Å²) in [5.74, 6) is 1.03. The molecule has 0 fully saturated rings. The minimum atomic E-state index is 0.755. The number of anilines is 1. The highest BCUT2D eigenvalue weighted by atomic mass is 16.5. The molecule has 1 aliphatic rings. The predicted molar refractivity (Wildman–Crippen MR) is 83.2 cm³/mol. The fourth-order valence-electron chi connectivity index (χ4n) is 2.54. The van der Waals surface area contributed by atoms with Crippen molar-refractivity contribution < 1.29 is 4.74 Å². The van der Waals surface area contributed by atoms with Gasteiger partial charge < -0.3 is 9.64 Å². The predicted octanol–water partition coefficient (Wildman–Crippen LogP) is 4.03. The molecule has 3 rings (SSSR count). The number of benzene rings is 2. The van der Waals surface area contributed by atoms with E-state index in [4.69, 9.17) is 4.74 Å². The first-order valence-corrected chi connectivity index (χ1v) is 7.01. The lowest BCUT2D eigenvalue weighted by Gasteiger charge is -2.16. The zero-order chi connectivity index (χ0) is 13.8. The molecule has 0 aliphatic carbocycles. The van der Waals surface area contributed by atoms with Crippen molar-refractivity contribution in [3.05, 3.63) is 71.9 Å². The average Bonchev–Trinajstić information content (AvgIpc) is 2.69. The maximum absolute atomic E-state index is 5.81. The highest BCUT2D eigenvalue weighted by Crippen LogP contribution is 2.26. The summed E-state index contributed by atoms with van der Waals surface area (Å²) in [6.45, 7) is 0.755. The van der Waals surface area contributed by atoms with Crippen LogP contribution in [0.4, 0.5) is 5.69 Å². The number of para-hydroxylation sites is 2. The summed E-state index contributed by atoms with van der Waals surface area (Å²) in [6, 6.07) is 18.7. The van der Waals surface area contributed by atoms with Crippen molar-refractivity contribution in [1.29, 1.82) is 0 Å². The van der Waals surface area contributed by atoms with Gasteiger partial charge in [-0.25, -0.2) is 0 Å². The van der Waals surface area contributed by atoms with Crippen LogP contribution in [0.2, 0.25) is 0 Å². The van der Waals surface area contributed by atoms with Crippen molar-refractivity contribution in [3.8, 4) is 5.75 Å². The summed E-state index contributed by atoms with van der Waals surface area (Å²) < 4.78 is 5.81. The number of hydrogen-bond donors (Lipinski definition) is 0. The largest absolute Gasteiger partial charge is 0.493 e. The first-order chi connectivity index (χ1) is 9.83. The van der Waals surface area contributed by atoms with E-state index >= 15 is 0 Å². The molecule has 2 heteroatoms. The Bertz CT molecular complexity index is 604. The maximum Gasteiger partial charge on any atom is 0.122 e. The molecule has 0 N–H and O–H groups in total. The number of ether oxygens (including phenoxy) is 1. The van der Waals surface area contributed by atoms with Crippen LogP contribution in [0.1, 0.15) is 12.0 Å². The Morgan fingerprint density at radius 3 is 2.60 bits per heavy atom. The van der Waals surface area contributed by atoms with Crippen molar-refractivity contribution in [3.63, 3.8) is 0 Å². The molecule has 0 bridgehead atoms. The standard InChI is InChI=1S/C18H19NO/c1-19(17-8-3-2-4-9-17)14-15-11-12-20-18-10-6-5-7-16(18)13-15/h2-10,14H,11-13H2,1H3/b15-14+. The van der Waals surface area contributed by atoms with Gasteiger partial charge in [-0.3, -0.25) is 0 Å². The third-order valence-electron chi connectivity index (χ3n) is 3.61. The second-order valence-corrected chi connectivity index (χ2v) is 5.12. The summed E-state index contributed by atoms with van der Waals surface area (Å²) in [5, 5.41) is 0.